The van der Waals surface area contributed by atoms with Gasteiger partial charge in [0.2, 0.25) is 5.91 Å². The Kier molecular flexibility index (Phi) is 4.42. The van der Waals surface area contributed by atoms with Crippen LogP contribution in [-0.4, -0.2) is 30.1 Å². The van der Waals surface area contributed by atoms with Gasteiger partial charge in [0.15, 0.2) is 0 Å². The van der Waals surface area contributed by atoms with E-state index < -0.39 is 0 Å². The second-order valence-corrected chi connectivity index (χ2v) is 5.16. The molecular weight excluding hydrogens is 244 g/mol. The van der Waals surface area contributed by atoms with Crippen LogP contribution in [0.3, 0.4) is 0 Å². The number of benzene rings is 1. The summed E-state index contributed by atoms with van der Waals surface area (Å²) in [4.78, 5) is 14.3. The third kappa shape index (κ3) is 2.58. The third-order valence-corrected chi connectivity index (χ3v) is 4.25. The highest BCUT2D eigenvalue weighted by Crippen LogP contribution is 2.41. The van der Waals surface area contributed by atoms with Crippen molar-refractivity contribution >= 4 is 24.1 Å². The number of carbonyl (C=O) groups excluding carboxylic acids is 1. The molecule has 0 radical (unpaired) electrons. The van der Waals surface area contributed by atoms with E-state index in [1.165, 1.54) is 17.5 Å². The zero-order valence-corrected chi connectivity index (χ0v) is 11.6. The van der Waals surface area contributed by atoms with Gasteiger partial charge in [-0.15, -0.1) is 0 Å². The molecule has 0 aliphatic carbocycles. The van der Waals surface area contributed by atoms with E-state index in [1.54, 1.807) is 6.21 Å². The van der Waals surface area contributed by atoms with E-state index in [0.717, 1.165) is 13.1 Å². The Morgan fingerprint density at radius 2 is 1.94 bits per heavy atom. The zero-order valence-electron chi connectivity index (χ0n) is 10.7. The highest BCUT2D eigenvalue weighted by Gasteiger charge is 2.34. The van der Waals surface area contributed by atoms with Crippen molar-refractivity contribution < 1.29 is 4.79 Å². The molecule has 0 saturated carbocycles. The molecule has 18 heavy (non-hydrogen) atoms. The van der Waals surface area contributed by atoms with Crippen LogP contribution in [0.5, 0.6) is 0 Å². The quantitative estimate of drug-likeness (QED) is 0.782. The number of hydrogen-bond acceptors (Lipinski definition) is 3. The SMILES string of the molecule is CCN(CC)C(=O)C1C=NSC1c1ccccc1. The smallest absolute Gasteiger partial charge is 0.232 e. The van der Waals surface area contributed by atoms with Gasteiger partial charge in [-0.05, 0) is 31.4 Å². The summed E-state index contributed by atoms with van der Waals surface area (Å²) in [7, 11) is 0. The van der Waals surface area contributed by atoms with Crippen LogP contribution in [0.2, 0.25) is 0 Å². The van der Waals surface area contributed by atoms with Crippen molar-refractivity contribution in [1.82, 2.24) is 4.90 Å². The van der Waals surface area contributed by atoms with Crippen LogP contribution in [0, 0.1) is 5.92 Å². The lowest BCUT2D eigenvalue weighted by Gasteiger charge is -2.24. The molecule has 2 unspecified atom stereocenters. The molecule has 0 N–H and O–H groups in total. The molecule has 1 aromatic carbocycles. The lowest BCUT2D eigenvalue weighted by Crippen LogP contribution is -2.37. The molecule has 1 aliphatic heterocycles. The van der Waals surface area contributed by atoms with Gasteiger partial charge >= 0.3 is 0 Å². The van der Waals surface area contributed by atoms with Crippen LogP contribution in [0.4, 0.5) is 0 Å². The second-order valence-electron chi connectivity index (χ2n) is 4.23. The predicted molar refractivity (Wildman–Crippen MR) is 76.7 cm³/mol. The second kappa shape index (κ2) is 6.05. The van der Waals surface area contributed by atoms with Gasteiger partial charge in [0, 0.05) is 19.3 Å². The number of carbonyl (C=O) groups is 1. The summed E-state index contributed by atoms with van der Waals surface area (Å²) in [6, 6.07) is 10.1. The Labute approximate surface area is 112 Å². The maximum Gasteiger partial charge on any atom is 0.232 e. The van der Waals surface area contributed by atoms with E-state index in [2.05, 4.69) is 16.5 Å². The summed E-state index contributed by atoms with van der Waals surface area (Å²) in [5.41, 5.74) is 1.17. The van der Waals surface area contributed by atoms with E-state index in [1.807, 2.05) is 36.9 Å². The minimum atomic E-state index is -0.128. The molecule has 0 aromatic heterocycles. The Morgan fingerprint density at radius 1 is 1.28 bits per heavy atom. The van der Waals surface area contributed by atoms with Crippen molar-refractivity contribution in [2.45, 2.75) is 19.1 Å². The van der Waals surface area contributed by atoms with Crippen molar-refractivity contribution in [3.8, 4) is 0 Å². The highest BCUT2D eigenvalue weighted by molar-refractivity contribution is 7.98. The van der Waals surface area contributed by atoms with Crippen molar-refractivity contribution in [3.63, 3.8) is 0 Å². The van der Waals surface area contributed by atoms with Crippen molar-refractivity contribution in [1.29, 1.82) is 0 Å². The first-order valence-corrected chi connectivity index (χ1v) is 7.14. The monoisotopic (exact) mass is 262 g/mol. The average Bonchev–Trinajstić information content (AvgIpc) is 2.90. The molecule has 1 aliphatic rings. The molecule has 0 spiro atoms. The summed E-state index contributed by atoms with van der Waals surface area (Å²) in [5.74, 6) is 0.0555. The molecule has 0 bridgehead atoms. The maximum absolute atomic E-state index is 12.4. The first kappa shape index (κ1) is 13.1. The lowest BCUT2D eigenvalue weighted by molar-refractivity contribution is -0.132. The molecule has 1 amide bonds. The molecule has 3 nitrogen and oxygen atoms in total. The Bertz CT molecular complexity index is 429. The van der Waals surface area contributed by atoms with Gasteiger partial charge in [0.05, 0.1) is 11.2 Å². The molecule has 0 saturated heterocycles. The van der Waals surface area contributed by atoms with Gasteiger partial charge in [-0.25, -0.2) is 4.40 Å². The predicted octanol–water partition coefficient (Wildman–Crippen LogP) is 2.94. The first-order valence-electron chi connectivity index (χ1n) is 6.31. The average molecular weight is 262 g/mol. The Morgan fingerprint density at radius 3 is 2.56 bits per heavy atom. The van der Waals surface area contributed by atoms with Gasteiger partial charge in [-0.3, -0.25) is 4.79 Å². The van der Waals surface area contributed by atoms with Crippen LogP contribution < -0.4 is 0 Å². The number of amides is 1. The van der Waals surface area contributed by atoms with E-state index in [-0.39, 0.29) is 17.1 Å². The third-order valence-electron chi connectivity index (χ3n) is 3.21. The van der Waals surface area contributed by atoms with Crippen molar-refractivity contribution in [2.24, 2.45) is 10.3 Å². The minimum Gasteiger partial charge on any atom is -0.343 e. The molecule has 0 fully saturated rings. The van der Waals surface area contributed by atoms with Crippen LogP contribution in [0.1, 0.15) is 24.7 Å². The molecule has 2 atom stereocenters. The Hall–Kier alpha value is -1.29. The standard InChI is InChI=1S/C14H18N2OS/c1-3-16(4-2)14(17)12-10-15-18-13(12)11-8-6-5-7-9-11/h5-10,12-13H,3-4H2,1-2H3. The molecule has 96 valence electrons. The number of rotatable bonds is 4. The van der Waals surface area contributed by atoms with Crippen LogP contribution in [0.15, 0.2) is 34.7 Å². The van der Waals surface area contributed by atoms with E-state index >= 15 is 0 Å². The van der Waals surface area contributed by atoms with E-state index in [4.69, 9.17) is 0 Å². The van der Waals surface area contributed by atoms with Gasteiger partial charge in [-0.2, -0.15) is 0 Å². The maximum atomic E-state index is 12.4. The summed E-state index contributed by atoms with van der Waals surface area (Å²) in [5, 5.41) is 0.124. The van der Waals surface area contributed by atoms with E-state index in [0.29, 0.717) is 0 Å². The van der Waals surface area contributed by atoms with Crippen molar-refractivity contribution in [2.75, 3.05) is 13.1 Å². The molecule has 1 aromatic rings. The van der Waals surface area contributed by atoms with Crippen molar-refractivity contribution in [3.05, 3.63) is 35.9 Å². The summed E-state index contributed by atoms with van der Waals surface area (Å²) in [6.07, 6.45) is 1.79. The molecule has 2 rings (SSSR count). The lowest BCUT2D eigenvalue weighted by atomic mass is 9.98. The van der Waals surface area contributed by atoms with Gasteiger partial charge in [0.25, 0.3) is 0 Å². The summed E-state index contributed by atoms with van der Waals surface area (Å²) in [6.45, 7) is 5.54. The zero-order chi connectivity index (χ0) is 13.0. The fourth-order valence-electron chi connectivity index (χ4n) is 2.16. The molecule has 1 heterocycles. The molecular formula is C14H18N2OS. The fraction of sp³-hybridized carbons (Fsp3) is 0.429. The molecule has 4 heteroatoms. The summed E-state index contributed by atoms with van der Waals surface area (Å²) < 4.78 is 4.24. The largest absolute Gasteiger partial charge is 0.343 e. The minimum absolute atomic E-state index is 0.124. The number of nitrogens with zero attached hydrogens (tertiary/aromatic N) is 2. The summed E-state index contributed by atoms with van der Waals surface area (Å²) >= 11 is 1.49. The topological polar surface area (TPSA) is 32.7 Å². The van der Waals surface area contributed by atoms with Gasteiger partial charge < -0.3 is 4.90 Å². The van der Waals surface area contributed by atoms with E-state index in [9.17, 15) is 4.79 Å². The van der Waals surface area contributed by atoms with Gasteiger partial charge in [-0.1, -0.05) is 30.3 Å². The first-order chi connectivity index (χ1) is 8.77. The highest BCUT2D eigenvalue weighted by atomic mass is 32.2. The van der Waals surface area contributed by atoms with Gasteiger partial charge in [0.1, 0.15) is 0 Å². The normalized spacial score (nSPS) is 22.1. The van der Waals surface area contributed by atoms with Crippen LogP contribution in [0.25, 0.3) is 0 Å². The number of hydrogen-bond donors (Lipinski definition) is 0. The van der Waals surface area contributed by atoms with Crippen LogP contribution >= 0.6 is 11.9 Å². The van der Waals surface area contributed by atoms with Crippen LogP contribution in [-0.2, 0) is 4.79 Å². The fourth-order valence-corrected chi connectivity index (χ4v) is 3.09. The Balaban J connectivity index is 2.17.